The van der Waals surface area contributed by atoms with Gasteiger partial charge in [0.25, 0.3) is 0 Å². The number of amides is 2. The summed E-state index contributed by atoms with van der Waals surface area (Å²) in [7, 11) is 0. The monoisotopic (exact) mass is 444 g/mol. The molecule has 0 fully saturated rings. The van der Waals surface area contributed by atoms with E-state index < -0.39 is 24.0 Å². The van der Waals surface area contributed by atoms with Crippen LogP contribution < -0.4 is 10.6 Å². The molecule has 3 aromatic carbocycles. The van der Waals surface area contributed by atoms with Gasteiger partial charge in [-0.2, -0.15) is 0 Å². The second-order valence-electron chi connectivity index (χ2n) is 7.83. The number of nitrogens with one attached hydrogen (secondary N) is 2. The second kappa shape index (κ2) is 9.99. The van der Waals surface area contributed by atoms with E-state index in [-0.39, 0.29) is 25.5 Å². The van der Waals surface area contributed by atoms with Gasteiger partial charge in [0.05, 0.1) is 0 Å². The molecule has 0 saturated heterocycles. The van der Waals surface area contributed by atoms with Crippen molar-refractivity contribution in [1.82, 2.24) is 10.6 Å². The average Bonchev–Trinajstić information content (AvgIpc) is 3.15. The van der Waals surface area contributed by atoms with E-state index in [1.807, 2.05) is 54.6 Å². The smallest absolute Gasteiger partial charge is 0.407 e. The highest BCUT2D eigenvalue weighted by molar-refractivity contribution is 5.87. The van der Waals surface area contributed by atoms with Gasteiger partial charge >= 0.3 is 12.1 Å². The number of carboxylic acid groups (broad SMARTS) is 1. The molecule has 0 bridgehead atoms. The molecule has 0 saturated carbocycles. The zero-order chi connectivity index (χ0) is 23.2. The summed E-state index contributed by atoms with van der Waals surface area (Å²) in [6.45, 7) is -0.248. The van der Waals surface area contributed by atoms with E-state index in [4.69, 9.17) is 4.74 Å². The highest BCUT2D eigenvalue weighted by Gasteiger charge is 2.29. The molecule has 33 heavy (non-hydrogen) atoms. The van der Waals surface area contributed by atoms with Crippen molar-refractivity contribution in [2.75, 3.05) is 13.2 Å². The quantitative estimate of drug-likeness (QED) is 0.494. The maximum absolute atomic E-state index is 12.2. The Bertz CT molecular complexity index is 1120. The number of alkyl carbamates (subject to hydrolysis) is 1. The van der Waals surface area contributed by atoms with Crippen LogP contribution in [0.15, 0.2) is 78.9 Å². The molecule has 0 unspecified atom stereocenters. The molecule has 0 aliphatic heterocycles. The standard InChI is InChI=1S/C26H24N2O5/c29-24(28-23(25(30)31)14-17-8-2-1-3-9-17)15-27-26(32)33-16-22-20-12-6-4-10-18(20)19-11-5-7-13-21(19)22/h1-13,22-23H,14-16H2,(H,27,32)(H,28,29)(H,30,31)/t23-/m0/s1. The van der Waals surface area contributed by atoms with E-state index in [2.05, 4.69) is 10.6 Å². The predicted octanol–water partition coefficient (Wildman–Crippen LogP) is 3.34. The topological polar surface area (TPSA) is 105 Å². The van der Waals surface area contributed by atoms with Gasteiger partial charge < -0.3 is 20.5 Å². The summed E-state index contributed by atoms with van der Waals surface area (Å²) >= 11 is 0. The third-order valence-electron chi connectivity index (χ3n) is 5.65. The van der Waals surface area contributed by atoms with Gasteiger partial charge in [0.2, 0.25) is 5.91 Å². The van der Waals surface area contributed by atoms with Crippen molar-refractivity contribution in [2.45, 2.75) is 18.4 Å². The van der Waals surface area contributed by atoms with Gasteiger partial charge in [-0.3, -0.25) is 4.79 Å². The van der Waals surface area contributed by atoms with Crippen LogP contribution in [0.1, 0.15) is 22.6 Å². The van der Waals surface area contributed by atoms with Gasteiger partial charge in [-0.15, -0.1) is 0 Å². The first-order valence-electron chi connectivity index (χ1n) is 10.7. The Kier molecular flexibility index (Phi) is 6.69. The molecule has 0 radical (unpaired) electrons. The molecule has 0 spiro atoms. The maximum Gasteiger partial charge on any atom is 0.407 e. The van der Waals surface area contributed by atoms with E-state index in [9.17, 15) is 19.5 Å². The van der Waals surface area contributed by atoms with Gasteiger partial charge in [-0.1, -0.05) is 78.9 Å². The Labute approximate surface area is 191 Å². The number of fused-ring (bicyclic) bond motifs is 3. The van der Waals surface area contributed by atoms with Crippen molar-refractivity contribution < 1.29 is 24.2 Å². The molecule has 7 nitrogen and oxygen atoms in total. The highest BCUT2D eigenvalue weighted by Crippen LogP contribution is 2.44. The molecule has 3 aromatic rings. The van der Waals surface area contributed by atoms with E-state index in [1.54, 1.807) is 24.3 Å². The Morgan fingerprint density at radius 3 is 2.03 bits per heavy atom. The van der Waals surface area contributed by atoms with E-state index >= 15 is 0 Å². The lowest BCUT2D eigenvalue weighted by Crippen LogP contribution is -2.46. The molecule has 168 valence electrons. The normalized spacial score (nSPS) is 12.8. The summed E-state index contributed by atoms with van der Waals surface area (Å²) in [5.74, 6) is -1.83. The maximum atomic E-state index is 12.2. The lowest BCUT2D eigenvalue weighted by Gasteiger charge is -2.16. The number of hydrogen-bond donors (Lipinski definition) is 3. The molecule has 1 aliphatic rings. The largest absolute Gasteiger partial charge is 0.480 e. The Morgan fingerprint density at radius 1 is 0.848 bits per heavy atom. The number of ether oxygens (including phenoxy) is 1. The van der Waals surface area contributed by atoms with Crippen LogP contribution in [-0.2, 0) is 20.7 Å². The summed E-state index contributed by atoms with van der Waals surface area (Å²) in [5, 5.41) is 14.2. The molecule has 1 atom stereocenters. The fourth-order valence-corrected chi connectivity index (χ4v) is 4.10. The van der Waals surface area contributed by atoms with Crippen LogP contribution >= 0.6 is 0 Å². The molecule has 2 amide bonds. The van der Waals surface area contributed by atoms with Crippen molar-refractivity contribution in [1.29, 1.82) is 0 Å². The minimum absolute atomic E-state index is 0.0840. The molecule has 0 aromatic heterocycles. The molecule has 0 heterocycles. The summed E-state index contributed by atoms with van der Waals surface area (Å²) in [6, 6.07) is 23.9. The van der Waals surface area contributed by atoms with Crippen LogP contribution in [0.4, 0.5) is 4.79 Å². The van der Waals surface area contributed by atoms with Crippen molar-refractivity contribution in [3.05, 3.63) is 95.6 Å². The van der Waals surface area contributed by atoms with E-state index in [0.717, 1.165) is 27.8 Å². The third-order valence-corrected chi connectivity index (χ3v) is 5.65. The van der Waals surface area contributed by atoms with Gasteiger partial charge in [-0.25, -0.2) is 9.59 Å². The SMILES string of the molecule is O=C(CNC(=O)OCC1c2ccccc2-c2ccccc21)N[C@@H](Cc1ccccc1)C(=O)O. The highest BCUT2D eigenvalue weighted by atomic mass is 16.5. The number of benzene rings is 3. The van der Waals surface area contributed by atoms with Gasteiger partial charge in [0, 0.05) is 12.3 Å². The fraction of sp³-hybridized carbons (Fsp3) is 0.192. The Balaban J connectivity index is 1.29. The molecule has 1 aliphatic carbocycles. The minimum Gasteiger partial charge on any atom is -0.480 e. The predicted molar refractivity (Wildman–Crippen MR) is 123 cm³/mol. The third kappa shape index (κ3) is 5.20. The van der Waals surface area contributed by atoms with Crippen LogP contribution in [0.2, 0.25) is 0 Å². The van der Waals surface area contributed by atoms with Crippen LogP contribution in [0.3, 0.4) is 0 Å². The molecule has 4 rings (SSSR count). The summed E-state index contributed by atoms with van der Waals surface area (Å²) in [6.07, 6.45) is -0.589. The second-order valence-corrected chi connectivity index (χ2v) is 7.83. The first kappa shape index (κ1) is 22.1. The number of carboxylic acids is 1. The van der Waals surface area contributed by atoms with Gasteiger partial charge in [-0.05, 0) is 27.8 Å². The van der Waals surface area contributed by atoms with Crippen molar-refractivity contribution in [3.8, 4) is 11.1 Å². The summed E-state index contributed by atoms with van der Waals surface area (Å²) in [4.78, 5) is 35.9. The van der Waals surface area contributed by atoms with E-state index in [0.29, 0.717) is 0 Å². The number of rotatable bonds is 8. The molecular formula is C26H24N2O5. The Morgan fingerprint density at radius 2 is 1.42 bits per heavy atom. The summed E-state index contributed by atoms with van der Waals surface area (Å²) in [5.41, 5.74) is 5.22. The van der Waals surface area contributed by atoms with Gasteiger partial charge in [0.1, 0.15) is 19.2 Å². The number of aliphatic carboxylic acids is 1. The van der Waals surface area contributed by atoms with Crippen molar-refractivity contribution in [3.63, 3.8) is 0 Å². The number of hydrogen-bond acceptors (Lipinski definition) is 4. The van der Waals surface area contributed by atoms with Crippen LogP contribution in [0.25, 0.3) is 11.1 Å². The zero-order valence-corrected chi connectivity index (χ0v) is 17.9. The number of carbonyl (C=O) groups excluding carboxylic acids is 2. The van der Waals surface area contributed by atoms with Crippen LogP contribution in [-0.4, -0.2) is 42.3 Å². The van der Waals surface area contributed by atoms with Crippen LogP contribution in [0, 0.1) is 0 Å². The van der Waals surface area contributed by atoms with Crippen molar-refractivity contribution >= 4 is 18.0 Å². The molecule has 3 N–H and O–H groups in total. The van der Waals surface area contributed by atoms with Crippen LogP contribution in [0.5, 0.6) is 0 Å². The zero-order valence-electron chi connectivity index (χ0n) is 17.9. The minimum atomic E-state index is -1.15. The lowest BCUT2D eigenvalue weighted by atomic mass is 9.98. The Hall–Kier alpha value is -4.13. The van der Waals surface area contributed by atoms with E-state index in [1.165, 1.54) is 0 Å². The molecule has 7 heteroatoms. The fourth-order valence-electron chi connectivity index (χ4n) is 4.10. The summed E-state index contributed by atoms with van der Waals surface area (Å²) < 4.78 is 5.39. The lowest BCUT2D eigenvalue weighted by molar-refractivity contribution is -0.141. The van der Waals surface area contributed by atoms with Crippen molar-refractivity contribution in [2.24, 2.45) is 0 Å². The number of carbonyl (C=O) groups is 3. The first-order chi connectivity index (χ1) is 16.0. The van der Waals surface area contributed by atoms with Gasteiger partial charge in [0.15, 0.2) is 0 Å². The molecular weight excluding hydrogens is 420 g/mol. The average molecular weight is 444 g/mol. The first-order valence-corrected chi connectivity index (χ1v) is 10.7.